The second-order valence-electron chi connectivity index (χ2n) is 2.63. The van der Waals surface area contributed by atoms with Gasteiger partial charge in [-0.25, -0.2) is 16.8 Å². The Morgan fingerprint density at radius 3 is 1.18 bits per heavy atom. The molecule has 0 N–H and O–H groups in total. The van der Waals surface area contributed by atoms with Gasteiger partial charge >= 0.3 is 35.3 Å². The van der Waals surface area contributed by atoms with Gasteiger partial charge in [0.2, 0.25) is 0 Å². The van der Waals surface area contributed by atoms with E-state index in [1.165, 1.54) is 0 Å². The Hall–Kier alpha value is 0.0374. The monoisotopic (exact) mass is 299 g/mol. The molecule has 0 bridgehead atoms. The van der Waals surface area contributed by atoms with E-state index in [9.17, 15) is 43.2 Å². The molecule has 17 heavy (non-hydrogen) atoms. The quantitative estimate of drug-likeness (QED) is 0.377. The Balaban J connectivity index is 0.00000256. The van der Waals surface area contributed by atoms with Crippen LogP contribution in [0.3, 0.4) is 0 Å². The molecule has 1 heterocycles. The fraction of sp³-hybridized carbons (Fsp3) is 1.00. The van der Waals surface area contributed by atoms with Crippen LogP contribution in [0.4, 0.5) is 26.3 Å². The molecule has 0 amide bonds. The predicted molar refractivity (Wildman–Crippen MR) is 36.0 cm³/mol. The van der Waals surface area contributed by atoms with E-state index in [0.29, 0.717) is 0 Å². The minimum Gasteiger partial charge on any atom is -0.425 e. The third-order valence-corrected chi connectivity index (χ3v) is 4.95. The van der Waals surface area contributed by atoms with Crippen LogP contribution in [0.25, 0.3) is 4.13 Å². The molecule has 0 aromatic heterocycles. The van der Waals surface area contributed by atoms with Crippen molar-refractivity contribution in [2.24, 2.45) is 0 Å². The molecule has 0 radical (unpaired) electrons. The molecule has 0 aromatic carbocycles. The van der Waals surface area contributed by atoms with Crippen molar-refractivity contribution in [2.75, 3.05) is 0 Å². The summed E-state index contributed by atoms with van der Waals surface area (Å²) >= 11 is 0. The fourth-order valence-corrected chi connectivity index (χ4v) is 3.47. The minimum atomic E-state index is -6.60. The van der Waals surface area contributed by atoms with Crippen LogP contribution < -0.4 is 18.9 Å². The van der Waals surface area contributed by atoms with E-state index in [4.69, 9.17) is 0 Å². The maximum Gasteiger partial charge on any atom is 1.00 e. The summed E-state index contributed by atoms with van der Waals surface area (Å²) in [7, 11) is -13.1. The van der Waals surface area contributed by atoms with Gasteiger partial charge in [0.15, 0.2) is 20.0 Å². The van der Waals surface area contributed by atoms with Crippen LogP contribution in [0.2, 0.25) is 0 Å². The van der Waals surface area contributed by atoms with Crippen molar-refractivity contribution in [3.63, 3.8) is 0 Å². The van der Waals surface area contributed by atoms with E-state index in [0.717, 1.165) is 4.13 Å². The number of rotatable bonds is 0. The van der Waals surface area contributed by atoms with E-state index in [-0.39, 0.29) is 18.9 Å². The zero-order valence-corrected chi connectivity index (χ0v) is 9.30. The standard InChI is InChI=1S/C3F6NO4S2.Li/c4-1(5)2(6,7)15(11,12)10-16(13,14)3(1,8)9;/q-1;+1. The molecule has 0 aromatic rings. The predicted octanol–water partition coefficient (Wildman–Crippen LogP) is -2.14. The van der Waals surface area contributed by atoms with Gasteiger partial charge in [-0.2, -0.15) is 26.3 Å². The first-order valence-electron chi connectivity index (χ1n) is 3.07. The summed E-state index contributed by atoms with van der Waals surface area (Å²) in [6, 6.07) is 0. The molecular formula is C3F6LiNO4S2. The van der Waals surface area contributed by atoms with Crippen molar-refractivity contribution in [3.05, 3.63) is 4.13 Å². The second-order valence-corrected chi connectivity index (χ2v) is 6.15. The first-order chi connectivity index (χ1) is 6.71. The van der Waals surface area contributed by atoms with E-state index >= 15 is 0 Å². The second kappa shape index (κ2) is 3.76. The van der Waals surface area contributed by atoms with Crippen molar-refractivity contribution in [3.8, 4) is 0 Å². The van der Waals surface area contributed by atoms with Gasteiger partial charge in [0.1, 0.15) is 0 Å². The molecule has 96 valence electrons. The van der Waals surface area contributed by atoms with Gasteiger partial charge in [-0.1, -0.05) is 0 Å². The Kier molecular flexibility index (Phi) is 3.77. The molecular weight excluding hydrogens is 299 g/mol. The summed E-state index contributed by atoms with van der Waals surface area (Å²) in [6.07, 6.45) is 0. The Bertz CT molecular complexity index is 479. The van der Waals surface area contributed by atoms with E-state index < -0.39 is 36.5 Å². The smallest absolute Gasteiger partial charge is 0.425 e. The molecule has 1 saturated heterocycles. The number of hydrogen-bond acceptors (Lipinski definition) is 4. The molecule has 5 nitrogen and oxygen atoms in total. The topological polar surface area (TPSA) is 82.4 Å². The van der Waals surface area contributed by atoms with Gasteiger partial charge in [-0.05, 0) is 0 Å². The van der Waals surface area contributed by atoms with Crippen LogP contribution in [0, 0.1) is 0 Å². The van der Waals surface area contributed by atoms with Crippen LogP contribution in [0.1, 0.15) is 0 Å². The zero-order valence-electron chi connectivity index (χ0n) is 7.66. The SMILES string of the molecule is O=S1(=O)[N-]S(=O)(=O)C(F)(F)C(F)(F)C1(F)F.[Li+]. The van der Waals surface area contributed by atoms with Crippen molar-refractivity contribution in [2.45, 2.75) is 16.4 Å². The summed E-state index contributed by atoms with van der Waals surface area (Å²) in [5.41, 5.74) is 0. The van der Waals surface area contributed by atoms with Crippen molar-refractivity contribution in [1.82, 2.24) is 0 Å². The van der Waals surface area contributed by atoms with Crippen molar-refractivity contribution >= 4 is 20.0 Å². The summed E-state index contributed by atoms with van der Waals surface area (Å²) in [4.78, 5) is 0. The van der Waals surface area contributed by atoms with Gasteiger partial charge in [0, 0.05) is 0 Å². The van der Waals surface area contributed by atoms with Crippen molar-refractivity contribution in [1.29, 1.82) is 0 Å². The molecule has 0 atom stereocenters. The van der Waals surface area contributed by atoms with Crippen LogP contribution in [0.15, 0.2) is 0 Å². The summed E-state index contributed by atoms with van der Waals surface area (Å²) < 4.78 is 117. The first-order valence-corrected chi connectivity index (χ1v) is 5.95. The molecule has 1 aliphatic heterocycles. The zero-order chi connectivity index (χ0) is 13.2. The summed E-state index contributed by atoms with van der Waals surface area (Å²) in [5.74, 6) is -6.60. The maximum absolute atomic E-state index is 12.4. The average molecular weight is 299 g/mol. The van der Waals surface area contributed by atoms with E-state index in [1.54, 1.807) is 0 Å². The van der Waals surface area contributed by atoms with Gasteiger partial charge in [0.05, 0.1) is 0 Å². The number of sulfonamides is 2. The number of alkyl halides is 6. The third-order valence-electron chi connectivity index (χ3n) is 1.58. The van der Waals surface area contributed by atoms with Gasteiger partial charge in [0.25, 0.3) is 0 Å². The normalized spacial score (nSPS) is 31.2. The Labute approximate surface area is 103 Å². The van der Waals surface area contributed by atoms with E-state index in [2.05, 4.69) is 0 Å². The largest absolute Gasteiger partial charge is 1.00 e. The summed E-state index contributed by atoms with van der Waals surface area (Å²) in [6.45, 7) is 0. The van der Waals surface area contributed by atoms with Crippen LogP contribution in [-0.2, 0) is 20.0 Å². The molecule has 1 fully saturated rings. The molecule has 0 unspecified atom stereocenters. The number of nitrogens with zero attached hydrogens (tertiary/aromatic N) is 1. The number of hydrogen-bond donors (Lipinski definition) is 0. The molecule has 0 spiro atoms. The maximum atomic E-state index is 12.4. The van der Waals surface area contributed by atoms with Crippen LogP contribution in [-0.4, -0.2) is 33.3 Å². The minimum absolute atomic E-state index is 0. The Morgan fingerprint density at radius 1 is 0.706 bits per heavy atom. The van der Waals surface area contributed by atoms with Crippen LogP contribution >= 0.6 is 0 Å². The fourth-order valence-electron chi connectivity index (χ4n) is 0.716. The summed E-state index contributed by atoms with van der Waals surface area (Å²) in [5, 5.41) is -12.6. The Morgan fingerprint density at radius 2 is 0.941 bits per heavy atom. The number of halogens is 6. The molecule has 1 rings (SSSR count). The first kappa shape index (κ1) is 17.0. The van der Waals surface area contributed by atoms with E-state index in [1.807, 2.05) is 0 Å². The van der Waals surface area contributed by atoms with Crippen LogP contribution in [0.5, 0.6) is 0 Å². The van der Waals surface area contributed by atoms with Gasteiger partial charge in [-0.3, -0.25) is 0 Å². The molecule has 1 aliphatic rings. The molecule has 14 heteroatoms. The van der Waals surface area contributed by atoms with Gasteiger partial charge in [-0.15, -0.1) is 0 Å². The third kappa shape index (κ3) is 1.79. The molecule has 0 aliphatic carbocycles. The van der Waals surface area contributed by atoms with Gasteiger partial charge < -0.3 is 4.13 Å². The molecule has 0 saturated carbocycles. The average Bonchev–Trinajstić information content (AvgIpc) is 1.98. The van der Waals surface area contributed by atoms with Crippen molar-refractivity contribution < 1.29 is 62.0 Å².